The molecule has 4 aliphatic rings. The number of carbonyl (C=O) groups excluding carboxylic acids is 2. The maximum absolute atomic E-state index is 14.0. The van der Waals surface area contributed by atoms with E-state index in [0.717, 1.165) is 22.3 Å². The lowest BCUT2D eigenvalue weighted by Gasteiger charge is -2.54. The minimum Gasteiger partial charge on any atom is -0.274 e. The molecule has 7 rings (SSSR count). The van der Waals surface area contributed by atoms with Crippen LogP contribution in [-0.2, 0) is 15.0 Å². The van der Waals surface area contributed by atoms with Crippen molar-refractivity contribution in [3.8, 4) is 0 Å². The number of hydrogen-bond donors (Lipinski definition) is 0. The van der Waals surface area contributed by atoms with Gasteiger partial charge in [0.25, 0.3) is 5.69 Å². The summed E-state index contributed by atoms with van der Waals surface area (Å²) < 4.78 is 0. The molecule has 6 heteroatoms. The van der Waals surface area contributed by atoms with E-state index in [0.29, 0.717) is 12.0 Å². The van der Waals surface area contributed by atoms with Crippen LogP contribution in [-0.4, -0.2) is 16.7 Å². The molecular formula is C27H22N2O4. The third kappa shape index (κ3) is 2.28. The van der Waals surface area contributed by atoms with Crippen LogP contribution in [0, 0.1) is 28.9 Å². The average Bonchev–Trinajstić information content (AvgIpc) is 3.10. The Labute approximate surface area is 191 Å². The van der Waals surface area contributed by atoms with Gasteiger partial charge in [-0.25, -0.2) is 4.90 Å². The van der Waals surface area contributed by atoms with Crippen LogP contribution in [0.4, 0.5) is 11.4 Å². The van der Waals surface area contributed by atoms with E-state index in [1.165, 1.54) is 11.0 Å². The van der Waals surface area contributed by atoms with E-state index < -0.39 is 22.2 Å². The molecule has 1 aliphatic heterocycles. The summed E-state index contributed by atoms with van der Waals surface area (Å²) in [6.45, 7) is 3.72. The Bertz CT molecular complexity index is 1330. The van der Waals surface area contributed by atoms with Crippen LogP contribution in [0.3, 0.4) is 0 Å². The second-order valence-corrected chi connectivity index (χ2v) is 9.22. The predicted octanol–water partition coefficient (Wildman–Crippen LogP) is 4.86. The summed E-state index contributed by atoms with van der Waals surface area (Å²) in [4.78, 5) is 40.2. The summed E-state index contributed by atoms with van der Waals surface area (Å²) in [7, 11) is 0. The summed E-state index contributed by atoms with van der Waals surface area (Å²) >= 11 is 0. The number of nitro benzene ring substituents is 1. The second-order valence-electron chi connectivity index (χ2n) is 9.22. The zero-order valence-electron chi connectivity index (χ0n) is 18.3. The van der Waals surface area contributed by atoms with Gasteiger partial charge in [0.15, 0.2) is 0 Å². The normalized spacial score (nSPS) is 26.7. The van der Waals surface area contributed by atoms with Gasteiger partial charge in [-0.1, -0.05) is 61.5 Å². The number of aryl methyl sites for hydroxylation is 1. The molecule has 3 aromatic carbocycles. The van der Waals surface area contributed by atoms with Gasteiger partial charge in [0.2, 0.25) is 11.8 Å². The zero-order valence-corrected chi connectivity index (χ0v) is 18.3. The highest BCUT2D eigenvalue weighted by atomic mass is 16.6. The average molecular weight is 438 g/mol. The van der Waals surface area contributed by atoms with E-state index in [2.05, 4.69) is 31.2 Å². The molecule has 0 unspecified atom stereocenters. The van der Waals surface area contributed by atoms with E-state index in [9.17, 15) is 19.7 Å². The van der Waals surface area contributed by atoms with E-state index in [1.54, 1.807) is 19.1 Å². The molecule has 2 amide bonds. The second kappa shape index (κ2) is 6.61. The number of carbonyl (C=O) groups is 2. The van der Waals surface area contributed by atoms with Crippen LogP contribution in [0.25, 0.3) is 0 Å². The van der Waals surface area contributed by atoms with Crippen molar-refractivity contribution in [3.63, 3.8) is 0 Å². The molecule has 3 aromatic rings. The molecule has 0 aromatic heterocycles. The Kier molecular flexibility index (Phi) is 3.97. The number of anilines is 1. The monoisotopic (exact) mass is 438 g/mol. The lowest BCUT2D eigenvalue weighted by Crippen LogP contribution is -2.53. The fourth-order valence-electron chi connectivity index (χ4n) is 6.72. The Morgan fingerprint density at radius 1 is 0.939 bits per heavy atom. The summed E-state index contributed by atoms with van der Waals surface area (Å²) in [5.41, 5.74) is 4.52. The molecule has 2 atom stereocenters. The van der Waals surface area contributed by atoms with Gasteiger partial charge in [0.05, 0.1) is 22.4 Å². The van der Waals surface area contributed by atoms with Crippen molar-refractivity contribution < 1.29 is 14.5 Å². The molecule has 2 bridgehead atoms. The van der Waals surface area contributed by atoms with Gasteiger partial charge in [-0.05, 0) is 41.7 Å². The highest BCUT2D eigenvalue weighted by molar-refractivity contribution is 6.24. The Hall–Kier alpha value is -3.80. The first-order chi connectivity index (χ1) is 15.9. The van der Waals surface area contributed by atoms with Crippen molar-refractivity contribution >= 4 is 23.2 Å². The quantitative estimate of drug-likeness (QED) is 0.332. The number of nitro groups is 1. The maximum atomic E-state index is 14.0. The lowest BCUT2D eigenvalue weighted by atomic mass is 9.46. The van der Waals surface area contributed by atoms with Gasteiger partial charge >= 0.3 is 0 Å². The number of amides is 2. The zero-order chi connectivity index (χ0) is 23.1. The Morgan fingerprint density at radius 3 is 2.12 bits per heavy atom. The first-order valence-electron chi connectivity index (χ1n) is 11.2. The van der Waals surface area contributed by atoms with Crippen LogP contribution in [0.2, 0.25) is 0 Å². The molecule has 3 aliphatic carbocycles. The molecular weight excluding hydrogens is 416 g/mol. The molecule has 1 fully saturated rings. The minimum absolute atomic E-state index is 0.0947. The van der Waals surface area contributed by atoms with E-state index in [-0.39, 0.29) is 29.1 Å². The largest absolute Gasteiger partial charge is 0.274 e. The molecule has 0 saturated carbocycles. The summed E-state index contributed by atoms with van der Waals surface area (Å²) in [6, 6.07) is 20.9. The van der Waals surface area contributed by atoms with Crippen molar-refractivity contribution in [1.82, 2.24) is 0 Å². The van der Waals surface area contributed by atoms with Crippen LogP contribution < -0.4 is 4.90 Å². The summed E-state index contributed by atoms with van der Waals surface area (Å²) in [5, 5.41) is 11.5. The van der Waals surface area contributed by atoms with Gasteiger partial charge < -0.3 is 0 Å². The molecule has 1 heterocycles. The van der Waals surface area contributed by atoms with E-state index in [1.807, 2.05) is 24.3 Å². The minimum atomic E-state index is -0.606. The van der Waals surface area contributed by atoms with Gasteiger partial charge in [-0.3, -0.25) is 19.7 Å². The summed E-state index contributed by atoms with van der Waals surface area (Å²) in [6.07, 6.45) is 0.676. The van der Waals surface area contributed by atoms with Gasteiger partial charge in [0.1, 0.15) is 0 Å². The SMILES string of the molecule is CCC12c3ccccc3C(c3ccccc31)[C@@H]1C(=O)N(c3ccc(C)c([N+](=O)[O-])c3)C(=O)[C@H]12. The number of benzene rings is 3. The fourth-order valence-corrected chi connectivity index (χ4v) is 6.72. The smallest absolute Gasteiger partial charge is 0.274 e. The van der Waals surface area contributed by atoms with E-state index in [4.69, 9.17) is 0 Å². The van der Waals surface area contributed by atoms with Gasteiger partial charge in [-0.15, -0.1) is 0 Å². The standard InChI is InChI=1S/C27H22N2O4/c1-3-27-19-10-6-4-8-17(19)22(18-9-5-7-11-20(18)27)23-24(27)26(31)28(25(23)30)16-13-12-15(2)21(14-16)29(32)33/h4-14,22-24H,3H2,1-2H3/t22?,23-,24-,27?/m0/s1. The third-order valence-corrected chi connectivity index (χ3v) is 8.00. The number of rotatable bonds is 3. The molecule has 164 valence electrons. The topological polar surface area (TPSA) is 80.5 Å². The van der Waals surface area contributed by atoms with Crippen molar-refractivity contribution in [2.75, 3.05) is 4.90 Å². The van der Waals surface area contributed by atoms with Crippen LogP contribution in [0.1, 0.15) is 47.1 Å². The Morgan fingerprint density at radius 2 is 1.55 bits per heavy atom. The van der Waals surface area contributed by atoms with Crippen molar-refractivity contribution in [1.29, 1.82) is 0 Å². The maximum Gasteiger partial charge on any atom is 0.274 e. The summed E-state index contributed by atoms with van der Waals surface area (Å²) in [5.74, 6) is -1.81. The Balaban J connectivity index is 1.60. The predicted molar refractivity (Wildman–Crippen MR) is 123 cm³/mol. The third-order valence-electron chi connectivity index (χ3n) is 8.00. The number of hydrogen-bond acceptors (Lipinski definition) is 4. The van der Waals surface area contributed by atoms with Crippen LogP contribution >= 0.6 is 0 Å². The lowest BCUT2D eigenvalue weighted by molar-refractivity contribution is -0.385. The van der Waals surface area contributed by atoms with Crippen LogP contribution in [0.5, 0.6) is 0 Å². The van der Waals surface area contributed by atoms with Crippen LogP contribution in [0.15, 0.2) is 66.7 Å². The highest BCUT2D eigenvalue weighted by Crippen LogP contribution is 2.65. The van der Waals surface area contributed by atoms with Crippen molar-refractivity contribution in [3.05, 3.63) is 105 Å². The first-order valence-corrected chi connectivity index (χ1v) is 11.2. The molecule has 33 heavy (non-hydrogen) atoms. The first kappa shape index (κ1) is 19.9. The van der Waals surface area contributed by atoms with Gasteiger partial charge in [0, 0.05) is 23.0 Å². The van der Waals surface area contributed by atoms with Gasteiger partial charge in [-0.2, -0.15) is 0 Å². The fraction of sp³-hybridized carbons (Fsp3) is 0.259. The highest BCUT2D eigenvalue weighted by Gasteiger charge is 2.67. The number of imide groups is 1. The molecule has 0 spiro atoms. The molecule has 6 nitrogen and oxygen atoms in total. The van der Waals surface area contributed by atoms with Crippen molar-refractivity contribution in [2.24, 2.45) is 11.8 Å². The molecule has 1 saturated heterocycles. The van der Waals surface area contributed by atoms with Crippen molar-refractivity contribution in [2.45, 2.75) is 31.6 Å². The molecule has 0 N–H and O–H groups in total. The van der Waals surface area contributed by atoms with E-state index >= 15 is 0 Å². The molecule has 0 radical (unpaired) electrons. The number of nitrogens with zero attached hydrogens (tertiary/aromatic N) is 2.